The molecule has 1 heterocycles. The monoisotopic (exact) mass is 297 g/mol. The summed E-state index contributed by atoms with van der Waals surface area (Å²) < 4.78 is 3.02. The van der Waals surface area contributed by atoms with Gasteiger partial charge >= 0.3 is 0 Å². The van der Waals surface area contributed by atoms with E-state index in [1.807, 2.05) is 34.9 Å². The molecule has 1 aromatic heterocycles. The molecule has 0 radical (unpaired) electrons. The van der Waals surface area contributed by atoms with Gasteiger partial charge in [-0.25, -0.2) is 4.98 Å². The fourth-order valence-electron chi connectivity index (χ4n) is 1.88. The Hall–Kier alpha value is -2.12. The Kier molecular flexibility index (Phi) is 2.62. The predicted octanol–water partition coefficient (Wildman–Crippen LogP) is 3.66. The molecule has 0 saturated heterocycles. The average molecular weight is 298 g/mol. The second-order valence-electron chi connectivity index (χ2n) is 3.91. The fraction of sp³-hybridized carbons (Fsp3) is 0. The molecule has 0 atom stereocenters. The molecule has 0 amide bonds. The highest BCUT2D eigenvalue weighted by Gasteiger charge is 2.04. The quantitative estimate of drug-likeness (QED) is 0.688. The number of imidazole rings is 1. The molecule has 4 heteroatoms. The molecule has 0 aliphatic heterocycles. The van der Waals surface area contributed by atoms with Gasteiger partial charge in [0.05, 0.1) is 22.7 Å². The van der Waals surface area contributed by atoms with Crippen LogP contribution in [-0.4, -0.2) is 9.55 Å². The predicted molar refractivity (Wildman–Crippen MR) is 73.5 cm³/mol. The summed E-state index contributed by atoms with van der Waals surface area (Å²) in [6.45, 7) is 0. The van der Waals surface area contributed by atoms with Gasteiger partial charge in [-0.05, 0) is 42.5 Å². The van der Waals surface area contributed by atoms with Crippen molar-refractivity contribution >= 4 is 27.0 Å². The van der Waals surface area contributed by atoms with E-state index >= 15 is 0 Å². The van der Waals surface area contributed by atoms with E-state index in [1.165, 1.54) is 0 Å². The molecule has 0 N–H and O–H groups in total. The van der Waals surface area contributed by atoms with Gasteiger partial charge in [-0.1, -0.05) is 15.9 Å². The molecule has 0 fully saturated rings. The van der Waals surface area contributed by atoms with Crippen molar-refractivity contribution in [1.82, 2.24) is 9.55 Å². The van der Waals surface area contributed by atoms with Crippen LogP contribution >= 0.6 is 15.9 Å². The first kappa shape index (κ1) is 11.0. The third-order valence-electron chi connectivity index (χ3n) is 2.78. The van der Waals surface area contributed by atoms with Gasteiger partial charge < -0.3 is 0 Å². The van der Waals surface area contributed by atoms with Gasteiger partial charge in [-0.15, -0.1) is 0 Å². The Labute approximate surface area is 112 Å². The number of halogens is 1. The number of nitriles is 1. The number of hydrogen-bond acceptors (Lipinski definition) is 2. The minimum absolute atomic E-state index is 0.657. The molecule has 3 nitrogen and oxygen atoms in total. The van der Waals surface area contributed by atoms with E-state index in [2.05, 4.69) is 27.0 Å². The lowest BCUT2D eigenvalue weighted by Crippen LogP contribution is -1.91. The van der Waals surface area contributed by atoms with Crippen molar-refractivity contribution in [2.45, 2.75) is 0 Å². The summed E-state index contributed by atoms with van der Waals surface area (Å²) in [6.07, 6.45) is 1.79. The van der Waals surface area contributed by atoms with Gasteiger partial charge in [0.25, 0.3) is 0 Å². The van der Waals surface area contributed by atoms with Crippen molar-refractivity contribution < 1.29 is 0 Å². The Morgan fingerprint density at radius 3 is 2.61 bits per heavy atom. The summed E-state index contributed by atoms with van der Waals surface area (Å²) in [4.78, 5) is 4.36. The number of benzene rings is 2. The van der Waals surface area contributed by atoms with E-state index in [4.69, 9.17) is 5.26 Å². The van der Waals surface area contributed by atoms with Crippen LogP contribution in [0.1, 0.15) is 5.56 Å². The molecule has 0 bridgehead atoms. The molecule has 3 rings (SSSR count). The molecule has 3 aromatic rings. The van der Waals surface area contributed by atoms with Gasteiger partial charge in [0, 0.05) is 10.2 Å². The molecule has 0 aliphatic rings. The van der Waals surface area contributed by atoms with Gasteiger partial charge in [0.1, 0.15) is 6.33 Å². The molecule has 0 unspecified atom stereocenters. The summed E-state index contributed by atoms with van der Waals surface area (Å²) in [5, 5.41) is 8.79. The zero-order chi connectivity index (χ0) is 12.5. The van der Waals surface area contributed by atoms with Gasteiger partial charge in [0.15, 0.2) is 0 Å². The maximum atomic E-state index is 8.79. The summed E-state index contributed by atoms with van der Waals surface area (Å²) in [7, 11) is 0. The van der Waals surface area contributed by atoms with Crippen molar-refractivity contribution in [3.63, 3.8) is 0 Å². The first-order valence-electron chi connectivity index (χ1n) is 5.41. The second-order valence-corrected chi connectivity index (χ2v) is 4.82. The van der Waals surface area contributed by atoms with E-state index in [0.29, 0.717) is 5.56 Å². The minimum atomic E-state index is 0.657. The summed E-state index contributed by atoms with van der Waals surface area (Å²) in [5.41, 5.74) is 3.63. The SMILES string of the molecule is N#Cc1ccc(-n2cnc3ccc(Br)cc32)cc1. The van der Waals surface area contributed by atoms with E-state index in [1.54, 1.807) is 18.5 Å². The molecule has 0 saturated carbocycles. The summed E-state index contributed by atoms with van der Waals surface area (Å²) >= 11 is 3.46. The molecular formula is C14H8BrN3. The molecule has 86 valence electrons. The standard InChI is InChI=1S/C14H8BrN3/c15-11-3-6-13-14(7-11)18(9-17-13)12-4-1-10(8-16)2-5-12/h1-7,9H. The molecule has 0 spiro atoms. The van der Waals surface area contributed by atoms with E-state index in [-0.39, 0.29) is 0 Å². The second kappa shape index (κ2) is 4.28. The number of nitrogens with zero attached hydrogens (tertiary/aromatic N) is 3. The molecule has 0 aliphatic carbocycles. The van der Waals surface area contributed by atoms with Gasteiger partial charge in [-0.3, -0.25) is 4.57 Å². The Balaban J connectivity index is 2.19. The molecular weight excluding hydrogens is 290 g/mol. The number of hydrogen-bond donors (Lipinski definition) is 0. The van der Waals surface area contributed by atoms with Crippen LogP contribution < -0.4 is 0 Å². The Morgan fingerprint density at radius 1 is 1.11 bits per heavy atom. The lowest BCUT2D eigenvalue weighted by Gasteiger charge is -2.04. The van der Waals surface area contributed by atoms with Crippen molar-refractivity contribution in [3.05, 3.63) is 58.8 Å². The maximum Gasteiger partial charge on any atom is 0.100 e. The van der Waals surface area contributed by atoms with Crippen LogP contribution in [0.15, 0.2) is 53.3 Å². The average Bonchev–Trinajstić information content (AvgIpc) is 2.82. The summed E-state index contributed by atoms with van der Waals surface area (Å²) in [6, 6.07) is 15.5. The summed E-state index contributed by atoms with van der Waals surface area (Å²) in [5.74, 6) is 0. The lowest BCUT2D eigenvalue weighted by atomic mass is 10.2. The number of rotatable bonds is 1. The highest BCUT2D eigenvalue weighted by molar-refractivity contribution is 9.10. The maximum absolute atomic E-state index is 8.79. The first-order chi connectivity index (χ1) is 8.78. The molecule has 18 heavy (non-hydrogen) atoms. The smallest absolute Gasteiger partial charge is 0.100 e. The largest absolute Gasteiger partial charge is 0.299 e. The van der Waals surface area contributed by atoms with Crippen LogP contribution in [0.4, 0.5) is 0 Å². The van der Waals surface area contributed by atoms with Crippen LogP contribution in [0.3, 0.4) is 0 Å². The Morgan fingerprint density at radius 2 is 1.89 bits per heavy atom. The zero-order valence-corrected chi connectivity index (χ0v) is 10.9. The van der Waals surface area contributed by atoms with Crippen LogP contribution in [0.5, 0.6) is 0 Å². The fourth-order valence-corrected chi connectivity index (χ4v) is 2.23. The highest BCUT2D eigenvalue weighted by Crippen LogP contribution is 2.22. The van der Waals surface area contributed by atoms with Crippen molar-refractivity contribution in [2.75, 3.05) is 0 Å². The minimum Gasteiger partial charge on any atom is -0.299 e. The normalized spacial score (nSPS) is 10.4. The van der Waals surface area contributed by atoms with Crippen LogP contribution in [0, 0.1) is 11.3 Å². The zero-order valence-electron chi connectivity index (χ0n) is 9.34. The lowest BCUT2D eigenvalue weighted by molar-refractivity contribution is 1.09. The van der Waals surface area contributed by atoms with E-state index < -0.39 is 0 Å². The van der Waals surface area contributed by atoms with Gasteiger partial charge in [0.2, 0.25) is 0 Å². The van der Waals surface area contributed by atoms with Crippen LogP contribution in [-0.2, 0) is 0 Å². The third-order valence-corrected chi connectivity index (χ3v) is 3.28. The van der Waals surface area contributed by atoms with Crippen molar-refractivity contribution in [1.29, 1.82) is 5.26 Å². The van der Waals surface area contributed by atoms with Gasteiger partial charge in [-0.2, -0.15) is 5.26 Å². The third kappa shape index (κ3) is 1.79. The van der Waals surface area contributed by atoms with Crippen molar-refractivity contribution in [3.8, 4) is 11.8 Å². The van der Waals surface area contributed by atoms with E-state index in [9.17, 15) is 0 Å². The molecule has 2 aromatic carbocycles. The Bertz CT molecular complexity index is 751. The number of aromatic nitrogens is 2. The number of fused-ring (bicyclic) bond motifs is 1. The van der Waals surface area contributed by atoms with E-state index in [0.717, 1.165) is 21.2 Å². The first-order valence-corrected chi connectivity index (χ1v) is 6.20. The topological polar surface area (TPSA) is 41.6 Å². The van der Waals surface area contributed by atoms with Crippen LogP contribution in [0.2, 0.25) is 0 Å². The van der Waals surface area contributed by atoms with Crippen molar-refractivity contribution in [2.24, 2.45) is 0 Å². The van der Waals surface area contributed by atoms with Crippen LogP contribution in [0.25, 0.3) is 16.7 Å². The highest BCUT2D eigenvalue weighted by atomic mass is 79.9.